The molecule has 0 aliphatic rings. The topological polar surface area (TPSA) is 32.3 Å². The van der Waals surface area contributed by atoms with Crippen molar-refractivity contribution in [3.63, 3.8) is 0 Å². The molecule has 0 fully saturated rings. The van der Waals surface area contributed by atoms with Gasteiger partial charge in [-0.1, -0.05) is 57.7 Å². The first kappa shape index (κ1) is 16.8. The summed E-state index contributed by atoms with van der Waals surface area (Å²) in [7, 11) is 0. The van der Waals surface area contributed by atoms with Crippen molar-refractivity contribution in [2.75, 3.05) is 5.32 Å². The predicted octanol–water partition coefficient (Wildman–Crippen LogP) is 6.68. The number of phenolic OH excluding ortho intramolecular Hbond substituents is 1. The molecule has 0 amide bonds. The van der Waals surface area contributed by atoms with Crippen molar-refractivity contribution < 1.29 is 5.11 Å². The second-order valence-corrected chi connectivity index (χ2v) is 6.72. The molecule has 0 aliphatic carbocycles. The number of aromatic hydroxyl groups is 1. The Morgan fingerprint density at radius 2 is 1.76 bits per heavy atom. The Labute approximate surface area is 147 Å². The van der Waals surface area contributed by atoms with Crippen LogP contribution in [0.2, 0.25) is 15.1 Å². The van der Waals surface area contributed by atoms with Crippen LogP contribution in [0.3, 0.4) is 0 Å². The first-order valence-electron chi connectivity index (χ1n) is 6.31. The fraction of sp³-hybridized carbons (Fsp3) is 0.200. The van der Waals surface area contributed by atoms with Crippen LogP contribution in [0.25, 0.3) is 0 Å². The second kappa shape index (κ2) is 7.10. The number of hydrogen-bond acceptors (Lipinski definition) is 2. The monoisotopic (exact) mass is 407 g/mol. The molecule has 0 bridgehead atoms. The van der Waals surface area contributed by atoms with E-state index in [0.717, 1.165) is 16.5 Å². The largest absolute Gasteiger partial charge is 0.508 e. The highest BCUT2D eigenvalue weighted by atomic mass is 79.9. The molecule has 0 spiro atoms. The van der Waals surface area contributed by atoms with E-state index in [9.17, 15) is 5.11 Å². The van der Waals surface area contributed by atoms with E-state index < -0.39 is 0 Å². The van der Waals surface area contributed by atoms with Crippen molar-refractivity contribution in [3.05, 3.63) is 55.4 Å². The van der Waals surface area contributed by atoms with E-state index in [-0.39, 0.29) is 11.8 Å². The van der Waals surface area contributed by atoms with Crippen LogP contribution in [0.4, 0.5) is 5.69 Å². The number of benzene rings is 2. The predicted molar refractivity (Wildman–Crippen MR) is 93.9 cm³/mol. The third-order valence-electron chi connectivity index (χ3n) is 3.10. The smallest absolute Gasteiger partial charge is 0.120 e. The average Bonchev–Trinajstić information content (AvgIpc) is 2.41. The number of anilines is 1. The van der Waals surface area contributed by atoms with E-state index in [1.54, 1.807) is 24.3 Å². The van der Waals surface area contributed by atoms with Gasteiger partial charge in [-0.15, -0.1) is 0 Å². The van der Waals surface area contributed by atoms with Crippen LogP contribution >= 0.6 is 50.7 Å². The SMILES string of the molecule is CCC(Nc1c(Cl)cc(Cl)cc1Cl)c1cc(Br)ccc1O. The zero-order chi connectivity index (χ0) is 15.6. The van der Waals surface area contributed by atoms with Crippen LogP contribution in [0, 0.1) is 0 Å². The minimum absolute atomic E-state index is 0.126. The Bertz CT molecular complexity index is 640. The van der Waals surface area contributed by atoms with Crippen LogP contribution in [-0.2, 0) is 0 Å². The minimum atomic E-state index is -0.126. The van der Waals surface area contributed by atoms with Crippen molar-refractivity contribution in [2.45, 2.75) is 19.4 Å². The van der Waals surface area contributed by atoms with Crippen molar-refractivity contribution >= 4 is 56.4 Å². The maximum atomic E-state index is 10.0. The molecule has 6 heteroatoms. The molecule has 0 heterocycles. The summed E-state index contributed by atoms with van der Waals surface area (Å²) >= 11 is 21.7. The van der Waals surface area contributed by atoms with E-state index in [0.29, 0.717) is 20.8 Å². The van der Waals surface area contributed by atoms with Crippen molar-refractivity contribution in [2.24, 2.45) is 0 Å². The van der Waals surface area contributed by atoms with Gasteiger partial charge in [0.25, 0.3) is 0 Å². The molecular formula is C15H13BrCl3NO. The lowest BCUT2D eigenvalue weighted by atomic mass is 10.0. The molecule has 0 saturated heterocycles. The summed E-state index contributed by atoms with van der Waals surface area (Å²) in [5.74, 6) is 0.221. The van der Waals surface area contributed by atoms with Gasteiger partial charge in [-0.3, -0.25) is 0 Å². The first-order chi connectivity index (χ1) is 9.92. The third-order valence-corrected chi connectivity index (χ3v) is 4.41. The van der Waals surface area contributed by atoms with Crippen molar-refractivity contribution in [1.29, 1.82) is 0 Å². The van der Waals surface area contributed by atoms with E-state index in [4.69, 9.17) is 34.8 Å². The Balaban J connectivity index is 2.38. The quantitative estimate of drug-likeness (QED) is 0.590. The van der Waals surface area contributed by atoms with Crippen LogP contribution in [-0.4, -0.2) is 5.11 Å². The Hall–Kier alpha value is -0.610. The van der Waals surface area contributed by atoms with Gasteiger partial charge in [0, 0.05) is 15.1 Å². The van der Waals surface area contributed by atoms with Crippen LogP contribution in [0.15, 0.2) is 34.8 Å². The average molecular weight is 410 g/mol. The molecule has 0 aliphatic heterocycles. The molecule has 0 radical (unpaired) electrons. The minimum Gasteiger partial charge on any atom is -0.508 e. The molecule has 112 valence electrons. The Morgan fingerprint density at radius 1 is 1.14 bits per heavy atom. The highest BCUT2D eigenvalue weighted by molar-refractivity contribution is 9.10. The summed E-state index contributed by atoms with van der Waals surface area (Å²) in [6, 6.07) is 8.44. The molecule has 1 atom stereocenters. The number of halogens is 4. The number of nitrogens with one attached hydrogen (secondary N) is 1. The molecule has 1 unspecified atom stereocenters. The van der Waals surface area contributed by atoms with Crippen LogP contribution in [0.1, 0.15) is 24.9 Å². The summed E-state index contributed by atoms with van der Waals surface area (Å²) < 4.78 is 0.892. The van der Waals surface area contributed by atoms with Gasteiger partial charge < -0.3 is 10.4 Å². The van der Waals surface area contributed by atoms with Crippen LogP contribution in [0.5, 0.6) is 5.75 Å². The maximum Gasteiger partial charge on any atom is 0.120 e. The second-order valence-electron chi connectivity index (χ2n) is 4.55. The van der Waals surface area contributed by atoms with E-state index >= 15 is 0 Å². The van der Waals surface area contributed by atoms with E-state index in [2.05, 4.69) is 21.2 Å². The zero-order valence-corrected chi connectivity index (χ0v) is 15.0. The fourth-order valence-electron chi connectivity index (χ4n) is 2.06. The lowest BCUT2D eigenvalue weighted by Gasteiger charge is -2.22. The first-order valence-corrected chi connectivity index (χ1v) is 8.24. The van der Waals surface area contributed by atoms with Gasteiger partial charge in [-0.25, -0.2) is 0 Å². The van der Waals surface area contributed by atoms with Crippen molar-refractivity contribution in [1.82, 2.24) is 0 Å². The lowest BCUT2D eigenvalue weighted by molar-refractivity contribution is 0.462. The molecule has 0 saturated carbocycles. The van der Waals surface area contributed by atoms with Gasteiger partial charge in [-0.2, -0.15) is 0 Å². The molecule has 2 rings (SSSR count). The maximum absolute atomic E-state index is 10.0. The van der Waals surface area contributed by atoms with Gasteiger partial charge in [-0.05, 0) is 36.8 Å². The normalized spacial score (nSPS) is 12.2. The van der Waals surface area contributed by atoms with Gasteiger partial charge >= 0.3 is 0 Å². The van der Waals surface area contributed by atoms with E-state index in [1.807, 2.05) is 13.0 Å². The van der Waals surface area contributed by atoms with E-state index in [1.165, 1.54) is 0 Å². The highest BCUT2D eigenvalue weighted by Gasteiger charge is 2.17. The standard InChI is InChI=1S/C15H13BrCl3NO/c1-2-13(10-5-8(16)3-4-14(10)21)20-15-11(18)6-9(17)7-12(15)19/h3-7,13,20-21H,2H2,1H3. The number of rotatable bonds is 4. The molecule has 2 nitrogen and oxygen atoms in total. The third kappa shape index (κ3) is 3.98. The highest BCUT2D eigenvalue weighted by Crippen LogP contribution is 2.38. The summed E-state index contributed by atoms with van der Waals surface area (Å²) in [6.45, 7) is 2.01. The fourth-order valence-corrected chi connectivity index (χ4v) is 3.36. The number of phenols is 1. The lowest BCUT2D eigenvalue weighted by Crippen LogP contribution is -2.10. The summed E-state index contributed by atoms with van der Waals surface area (Å²) in [5.41, 5.74) is 1.38. The van der Waals surface area contributed by atoms with Crippen LogP contribution < -0.4 is 5.32 Å². The summed E-state index contributed by atoms with van der Waals surface area (Å²) in [6.07, 6.45) is 0.749. The Kier molecular flexibility index (Phi) is 5.67. The molecular weight excluding hydrogens is 396 g/mol. The molecule has 2 aromatic carbocycles. The zero-order valence-electron chi connectivity index (χ0n) is 11.1. The number of hydrogen-bond donors (Lipinski definition) is 2. The molecule has 2 aromatic rings. The molecule has 21 heavy (non-hydrogen) atoms. The van der Waals surface area contributed by atoms with Gasteiger partial charge in [0.05, 0.1) is 21.8 Å². The van der Waals surface area contributed by atoms with Gasteiger partial charge in [0.15, 0.2) is 0 Å². The molecule has 0 aromatic heterocycles. The summed E-state index contributed by atoms with van der Waals surface area (Å²) in [4.78, 5) is 0. The summed E-state index contributed by atoms with van der Waals surface area (Å²) in [5, 5.41) is 14.7. The van der Waals surface area contributed by atoms with Gasteiger partial charge in [0.1, 0.15) is 5.75 Å². The molecule has 2 N–H and O–H groups in total. The van der Waals surface area contributed by atoms with Gasteiger partial charge in [0.2, 0.25) is 0 Å². The van der Waals surface area contributed by atoms with Crippen molar-refractivity contribution in [3.8, 4) is 5.75 Å². The Morgan fingerprint density at radius 3 is 2.33 bits per heavy atom.